The smallest absolute Gasteiger partial charge is 0.382 e. The van der Waals surface area contributed by atoms with Crippen LogP contribution in [-0.2, 0) is 16.8 Å². The molecule has 0 fully saturated rings. The molecule has 1 N–H and O–H groups in total. The molecule has 0 radical (unpaired) electrons. The maximum atomic E-state index is 11.7. The average molecular weight is 353 g/mol. The van der Waals surface area contributed by atoms with Crippen LogP contribution in [0.3, 0.4) is 0 Å². The molecule has 0 spiro atoms. The van der Waals surface area contributed by atoms with Gasteiger partial charge < -0.3 is 8.92 Å². The molecule has 0 saturated carbocycles. The predicted molar refractivity (Wildman–Crippen MR) is 94.8 cm³/mol. The maximum Gasteiger partial charge on any atom is 0.382 e. The van der Waals surface area contributed by atoms with E-state index in [0.29, 0.717) is 17.1 Å². The normalized spacial score (nSPS) is 15.0. The van der Waals surface area contributed by atoms with Gasteiger partial charge in [-0.1, -0.05) is 48.5 Å². The molecule has 0 saturated heterocycles. The lowest BCUT2D eigenvalue weighted by atomic mass is 10.0. The molecule has 3 aromatic carbocycles. The van der Waals surface area contributed by atoms with Crippen molar-refractivity contribution in [3.63, 3.8) is 0 Å². The molecule has 1 heterocycles. The fourth-order valence-corrected chi connectivity index (χ4v) is 3.51. The SMILES string of the molecule is O=S1(=O)NCc2cccc(-c3cccc(Oc4ccccc4)c3)c2O1. The van der Waals surface area contributed by atoms with Gasteiger partial charge in [-0.25, -0.2) is 0 Å². The van der Waals surface area contributed by atoms with E-state index in [2.05, 4.69) is 4.72 Å². The minimum atomic E-state index is -3.77. The summed E-state index contributed by atoms with van der Waals surface area (Å²) in [6.07, 6.45) is 0. The molecule has 5 nitrogen and oxygen atoms in total. The molecular weight excluding hydrogens is 338 g/mol. The Balaban J connectivity index is 1.73. The van der Waals surface area contributed by atoms with Gasteiger partial charge in [0.2, 0.25) is 0 Å². The first kappa shape index (κ1) is 15.7. The molecule has 0 atom stereocenters. The quantitative estimate of drug-likeness (QED) is 0.776. The summed E-state index contributed by atoms with van der Waals surface area (Å²) in [5.74, 6) is 1.76. The molecule has 126 valence electrons. The molecule has 25 heavy (non-hydrogen) atoms. The van der Waals surface area contributed by atoms with Crippen LogP contribution in [0.1, 0.15) is 5.56 Å². The number of para-hydroxylation sites is 2. The van der Waals surface area contributed by atoms with E-state index in [4.69, 9.17) is 8.92 Å². The summed E-state index contributed by atoms with van der Waals surface area (Å²) in [4.78, 5) is 0. The lowest BCUT2D eigenvalue weighted by Crippen LogP contribution is -2.32. The number of benzene rings is 3. The first-order chi connectivity index (χ1) is 12.1. The molecule has 0 bridgehead atoms. The van der Waals surface area contributed by atoms with E-state index >= 15 is 0 Å². The fourth-order valence-electron chi connectivity index (χ4n) is 2.71. The summed E-state index contributed by atoms with van der Waals surface area (Å²) in [7, 11) is -3.77. The zero-order valence-electron chi connectivity index (χ0n) is 13.2. The van der Waals surface area contributed by atoms with Crippen LogP contribution in [0, 0.1) is 0 Å². The van der Waals surface area contributed by atoms with Crippen molar-refractivity contribution in [2.24, 2.45) is 0 Å². The minimum Gasteiger partial charge on any atom is -0.457 e. The molecule has 3 aromatic rings. The van der Waals surface area contributed by atoms with Crippen LogP contribution >= 0.6 is 0 Å². The van der Waals surface area contributed by atoms with E-state index in [1.807, 2.05) is 72.8 Å². The van der Waals surface area contributed by atoms with Crippen LogP contribution in [0.4, 0.5) is 0 Å². The van der Waals surface area contributed by atoms with Crippen LogP contribution in [-0.4, -0.2) is 8.42 Å². The summed E-state index contributed by atoms with van der Waals surface area (Å²) in [6.45, 7) is 0.214. The van der Waals surface area contributed by atoms with Crippen LogP contribution in [0.2, 0.25) is 0 Å². The van der Waals surface area contributed by atoms with E-state index in [-0.39, 0.29) is 6.54 Å². The Kier molecular flexibility index (Phi) is 3.91. The number of fused-ring (bicyclic) bond motifs is 1. The third-order valence-electron chi connectivity index (χ3n) is 3.85. The Morgan fingerprint density at radius 2 is 1.64 bits per heavy atom. The van der Waals surface area contributed by atoms with Crippen molar-refractivity contribution < 1.29 is 17.3 Å². The second-order valence-electron chi connectivity index (χ2n) is 5.60. The van der Waals surface area contributed by atoms with Crippen molar-refractivity contribution in [3.8, 4) is 28.4 Å². The van der Waals surface area contributed by atoms with E-state index < -0.39 is 10.3 Å². The summed E-state index contributed by atoms with van der Waals surface area (Å²) in [5.41, 5.74) is 2.32. The highest BCUT2D eigenvalue weighted by molar-refractivity contribution is 7.85. The summed E-state index contributed by atoms with van der Waals surface area (Å²) in [6, 6.07) is 22.5. The molecule has 4 rings (SSSR count). The minimum absolute atomic E-state index is 0.214. The summed E-state index contributed by atoms with van der Waals surface area (Å²) >= 11 is 0. The van der Waals surface area contributed by atoms with Crippen LogP contribution in [0.5, 0.6) is 17.2 Å². The Morgan fingerprint density at radius 3 is 2.48 bits per heavy atom. The highest BCUT2D eigenvalue weighted by Crippen LogP contribution is 2.37. The van der Waals surface area contributed by atoms with Gasteiger partial charge in [0, 0.05) is 17.7 Å². The molecule has 1 aliphatic rings. The van der Waals surface area contributed by atoms with Crippen molar-refractivity contribution in [2.75, 3.05) is 0 Å². The number of hydrogen-bond donors (Lipinski definition) is 1. The number of hydrogen-bond acceptors (Lipinski definition) is 4. The highest BCUT2D eigenvalue weighted by atomic mass is 32.2. The van der Waals surface area contributed by atoms with Crippen LogP contribution < -0.4 is 13.6 Å². The van der Waals surface area contributed by atoms with Crippen molar-refractivity contribution in [1.29, 1.82) is 0 Å². The van der Waals surface area contributed by atoms with E-state index in [9.17, 15) is 8.42 Å². The largest absolute Gasteiger partial charge is 0.457 e. The lowest BCUT2D eigenvalue weighted by molar-refractivity contribution is 0.454. The standard InChI is InChI=1S/C19H15NO4S/c21-25(22)20-13-15-7-5-11-18(19(15)24-25)14-6-4-10-17(12-14)23-16-8-2-1-3-9-16/h1-12,20H,13H2. The van der Waals surface area contributed by atoms with Gasteiger partial charge in [0.15, 0.2) is 5.75 Å². The van der Waals surface area contributed by atoms with Gasteiger partial charge in [-0.2, -0.15) is 13.1 Å². The highest BCUT2D eigenvalue weighted by Gasteiger charge is 2.24. The maximum absolute atomic E-state index is 11.7. The van der Waals surface area contributed by atoms with Crippen molar-refractivity contribution >= 4 is 10.3 Å². The topological polar surface area (TPSA) is 64.6 Å². The predicted octanol–water partition coefficient (Wildman–Crippen LogP) is 3.87. The zero-order valence-corrected chi connectivity index (χ0v) is 14.0. The number of ether oxygens (including phenoxy) is 1. The summed E-state index contributed by atoms with van der Waals surface area (Å²) in [5, 5.41) is 0. The molecular formula is C19H15NO4S. The summed E-state index contributed by atoms with van der Waals surface area (Å²) < 4.78 is 36.9. The lowest BCUT2D eigenvalue weighted by Gasteiger charge is -2.20. The first-order valence-electron chi connectivity index (χ1n) is 7.75. The van der Waals surface area contributed by atoms with Gasteiger partial charge in [-0.05, 0) is 29.8 Å². The average Bonchev–Trinajstić information content (AvgIpc) is 2.61. The monoisotopic (exact) mass is 353 g/mol. The second kappa shape index (κ2) is 6.23. The van der Waals surface area contributed by atoms with Crippen LogP contribution in [0.15, 0.2) is 72.8 Å². The molecule has 0 amide bonds. The molecule has 0 aliphatic carbocycles. The Bertz CT molecular complexity index is 1020. The van der Waals surface area contributed by atoms with Gasteiger partial charge in [0.05, 0.1) is 0 Å². The third-order valence-corrected chi connectivity index (χ3v) is 4.74. The Morgan fingerprint density at radius 1 is 0.880 bits per heavy atom. The van der Waals surface area contributed by atoms with Gasteiger partial charge in [-0.3, -0.25) is 0 Å². The van der Waals surface area contributed by atoms with Gasteiger partial charge in [0.1, 0.15) is 11.5 Å². The van der Waals surface area contributed by atoms with Gasteiger partial charge >= 0.3 is 10.3 Å². The third kappa shape index (κ3) is 3.35. The molecule has 0 unspecified atom stereocenters. The Hall–Kier alpha value is -2.83. The first-order valence-corrected chi connectivity index (χ1v) is 9.16. The van der Waals surface area contributed by atoms with Crippen molar-refractivity contribution in [1.82, 2.24) is 4.72 Å². The van der Waals surface area contributed by atoms with Crippen molar-refractivity contribution in [2.45, 2.75) is 6.54 Å². The molecule has 6 heteroatoms. The van der Waals surface area contributed by atoms with E-state index in [1.165, 1.54) is 0 Å². The molecule has 0 aromatic heterocycles. The number of nitrogens with one attached hydrogen (secondary N) is 1. The van der Waals surface area contributed by atoms with Gasteiger partial charge in [0.25, 0.3) is 0 Å². The zero-order chi connectivity index (χ0) is 17.3. The number of rotatable bonds is 3. The van der Waals surface area contributed by atoms with Gasteiger partial charge in [-0.15, -0.1) is 0 Å². The van der Waals surface area contributed by atoms with E-state index in [0.717, 1.165) is 16.9 Å². The molecule has 1 aliphatic heterocycles. The van der Waals surface area contributed by atoms with Crippen molar-refractivity contribution in [3.05, 3.63) is 78.4 Å². The fraction of sp³-hybridized carbons (Fsp3) is 0.0526. The van der Waals surface area contributed by atoms with Crippen LogP contribution in [0.25, 0.3) is 11.1 Å². The Labute approximate surface area is 146 Å². The second-order valence-corrected chi connectivity index (χ2v) is 6.96. The van der Waals surface area contributed by atoms with E-state index in [1.54, 1.807) is 0 Å².